The zero-order chi connectivity index (χ0) is 11.5. The number of nitrogens with two attached hydrogens (primary N) is 1. The maximum atomic E-state index is 13.1. The van der Waals surface area contributed by atoms with Gasteiger partial charge in [-0.3, -0.25) is 0 Å². The van der Waals surface area contributed by atoms with E-state index in [1.165, 1.54) is 11.6 Å². The number of benzene rings is 1. The average molecular weight is 219 g/mol. The van der Waals surface area contributed by atoms with Crippen LogP contribution in [0.5, 0.6) is 0 Å². The van der Waals surface area contributed by atoms with E-state index in [4.69, 9.17) is 5.73 Å². The van der Waals surface area contributed by atoms with Gasteiger partial charge in [-0.25, -0.2) is 4.39 Å². The molecule has 86 valence electrons. The Morgan fingerprint density at radius 1 is 1.44 bits per heavy atom. The zero-order valence-electron chi connectivity index (χ0n) is 9.67. The summed E-state index contributed by atoms with van der Waals surface area (Å²) < 4.78 is 13.1. The van der Waals surface area contributed by atoms with Crippen LogP contribution in [0.1, 0.15) is 30.4 Å². The largest absolute Gasteiger partial charge is 0.324 e. The van der Waals surface area contributed by atoms with E-state index >= 15 is 0 Å². The second-order valence-corrected chi connectivity index (χ2v) is 4.63. The third-order valence-corrected chi connectivity index (χ3v) is 3.21. The van der Waals surface area contributed by atoms with Gasteiger partial charge in [0.2, 0.25) is 0 Å². The van der Waals surface area contributed by atoms with Crippen molar-refractivity contribution < 1.29 is 4.39 Å². The average Bonchev–Trinajstić information content (AvgIpc) is 2.24. The fraction of sp³-hybridized carbons (Fsp3) is 0.429. The molecule has 0 fully saturated rings. The molecular formula is C14H18FN. The molecule has 2 heteroatoms. The van der Waals surface area contributed by atoms with Crippen molar-refractivity contribution in [2.75, 3.05) is 0 Å². The Balaban J connectivity index is 2.17. The summed E-state index contributed by atoms with van der Waals surface area (Å²) in [7, 11) is 0. The Bertz CT molecular complexity index is 409. The Morgan fingerprint density at radius 2 is 2.25 bits per heavy atom. The summed E-state index contributed by atoms with van der Waals surface area (Å²) in [4.78, 5) is 0. The molecule has 1 aromatic carbocycles. The topological polar surface area (TPSA) is 26.0 Å². The molecule has 1 unspecified atom stereocenters. The van der Waals surface area contributed by atoms with Gasteiger partial charge in [-0.05, 0) is 55.9 Å². The summed E-state index contributed by atoms with van der Waals surface area (Å²) in [5, 5.41) is 0. The molecule has 1 aliphatic rings. The van der Waals surface area contributed by atoms with Crippen molar-refractivity contribution in [1.29, 1.82) is 0 Å². The molecule has 1 atom stereocenters. The predicted octanol–water partition coefficient (Wildman–Crippen LogP) is 3.11. The summed E-state index contributed by atoms with van der Waals surface area (Å²) in [6.45, 7) is 2.03. The highest BCUT2D eigenvalue weighted by Crippen LogP contribution is 2.22. The minimum atomic E-state index is -0.152. The number of halogens is 1. The molecule has 0 aliphatic heterocycles. The minimum Gasteiger partial charge on any atom is -0.324 e. The smallest absolute Gasteiger partial charge is 0.123 e. The maximum Gasteiger partial charge on any atom is 0.123 e. The minimum absolute atomic E-state index is 0.152. The maximum absolute atomic E-state index is 13.1. The van der Waals surface area contributed by atoms with Crippen molar-refractivity contribution in [2.45, 2.75) is 38.6 Å². The van der Waals surface area contributed by atoms with Crippen LogP contribution in [0.4, 0.5) is 4.39 Å². The Kier molecular flexibility index (Phi) is 3.39. The van der Waals surface area contributed by atoms with Crippen LogP contribution in [0.25, 0.3) is 0 Å². The van der Waals surface area contributed by atoms with Gasteiger partial charge in [-0.1, -0.05) is 17.7 Å². The number of hydrogen-bond acceptors (Lipinski definition) is 1. The van der Waals surface area contributed by atoms with Gasteiger partial charge in [0.15, 0.2) is 0 Å². The van der Waals surface area contributed by atoms with Gasteiger partial charge in [-0.2, -0.15) is 0 Å². The second kappa shape index (κ2) is 4.79. The van der Waals surface area contributed by atoms with Gasteiger partial charge < -0.3 is 5.73 Å². The van der Waals surface area contributed by atoms with Crippen LogP contribution in [-0.4, -0.2) is 6.04 Å². The molecule has 0 aromatic heterocycles. The van der Waals surface area contributed by atoms with E-state index in [-0.39, 0.29) is 11.9 Å². The summed E-state index contributed by atoms with van der Waals surface area (Å²) in [5.41, 5.74) is 9.49. The number of rotatable bonds is 2. The van der Waals surface area contributed by atoms with E-state index < -0.39 is 0 Å². The molecule has 2 N–H and O–H groups in total. The molecule has 0 radical (unpaired) electrons. The quantitative estimate of drug-likeness (QED) is 0.760. The highest BCUT2D eigenvalue weighted by atomic mass is 19.1. The molecule has 0 saturated heterocycles. The van der Waals surface area contributed by atoms with Gasteiger partial charge in [0.1, 0.15) is 5.82 Å². The van der Waals surface area contributed by atoms with Crippen LogP contribution in [0.2, 0.25) is 0 Å². The molecule has 0 spiro atoms. The van der Waals surface area contributed by atoms with Crippen LogP contribution in [0, 0.1) is 12.7 Å². The van der Waals surface area contributed by atoms with Gasteiger partial charge >= 0.3 is 0 Å². The van der Waals surface area contributed by atoms with Crippen LogP contribution in [0.3, 0.4) is 0 Å². The SMILES string of the molecule is Cc1ccc(F)cc1CC1=CC(N)CCC1. The molecular weight excluding hydrogens is 201 g/mol. The highest BCUT2D eigenvalue weighted by molar-refractivity contribution is 5.31. The fourth-order valence-corrected chi connectivity index (χ4v) is 2.26. The molecule has 16 heavy (non-hydrogen) atoms. The van der Waals surface area contributed by atoms with Gasteiger partial charge in [-0.15, -0.1) is 0 Å². The Labute approximate surface area is 96.2 Å². The third kappa shape index (κ3) is 2.70. The summed E-state index contributed by atoms with van der Waals surface area (Å²) in [6, 6.07) is 5.18. The molecule has 2 rings (SSSR count). The highest BCUT2D eigenvalue weighted by Gasteiger charge is 2.11. The molecule has 0 saturated carbocycles. The zero-order valence-corrected chi connectivity index (χ0v) is 9.67. The lowest BCUT2D eigenvalue weighted by molar-refractivity contribution is 0.612. The van der Waals surface area contributed by atoms with Gasteiger partial charge in [0, 0.05) is 6.04 Å². The lowest BCUT2D eigenvalue weighted by atomic mass is 9.90. The van der Waals surface area contributed by atoms with E-state index in [9.17, 15) is 4.39 Å². The predicted molar refractivity (Wildman–Crippen MR) is 64.8 cm³/mol. The van der Waals surface area contributed by atoms with Crippen LogP contribution >= 0.6 is 0 Å². The molecule has 0 bridgehead atoms. The molecule has 0 amide bonds. The van der Waals surface area contributed by atoms with E-state index in [1.54, 1.807) is 6.07 Å². The monoisotopic (exact) mass is 219 g/mol. The van der Waals surface area contributed by atoms with Crippen molar-refractivity contribution in [3.63, 3.8) is 0 Å². The first-order valence-corrected chi connectivity index (χ1v) is 5.85. The molecule has 1 aliphatic carbocycles. The molecule has 1 aromatic rings. The van der Waals surface area contributed by atoms with Gasteiger partial charge in [0.05, 0.1) is 0 Å². The van der Waals surface area contributed by atoms with Crippen LogP contribution in [-0.2, 0) is 6.42 Å². The lowest BCUT2D eigenvalue weighted by Crippen LogP contribution is -2.20. The Morgan fingerprint density at radius 3 is 3.00 bits per heavy atom. The summed E-state index contributed by atoms with van der Waals surface area (Å²) >= 11 is 0. The Hall–Kier alpha value is -1.15. The normalized spacial score (nSPS) is 20.7. The third-order valence-electron chi connectivity index (χ3n) is 3.21. The molecule has 1 nitrogen and oxygen atoms in total. The summed E-state index contributed by atoms with van der Waals surface area (Å²) in [5.74, 6) is -0.152. The second-order valence-electron chi connectivity index (χ2n) is 4.63. The standard InChI is InChI=1S/C14H18FN/c1-10-5-6-13(15)9-12(10)7-11-3-2-4-14(16)8-11/h5-6,8-9,14H,2-4,7,16H2,1H3. The first-order chi connectivity index (χ1) is 7.65. The van der Waals surface area contributed by atoms with E-state index in [2.05, 4.69) is 6.08 Å². The van der Waals surface area contributed by atoms with E-state index in [0.717, 1.165) is 36.8 Å². The number of hydrogen-bond donors (Lipinski definition) is 1. The number of allylic oxidation sites excluding steroid dienone is 1. The van der Waals surface area contributed by atoms with Crippen molar-refractivity contribution >= 4 is 0 Å². The van der Waals surface area contributed by atoms with Gasteiger partial charge in [0.25, 0.3) is 0 Å². The number of aryl methyl sites for hydroxylation is 1. The van der Waals surface area contributed by atoms with Crippen molar-refractivity contribution in [1.82, 2.24) is 0 Å². The fourth-order valence-electron chi connectivity index (χ4n) is 2.26. The summed E-state index contributed by atoms with van der Waals surface area (Å²) in [6.07, 6.45) is 6.32. The van der Waals surface area contributed by atoms with E-state index in [0.29, 0.717) is 0 Å². The van der Waals surface area contributed by atoms with Crippen molar-refractivity contribution in [3.05, 3.63) is 46.8 Å². The first-order valence-electron chi connectivity index (χ1n) is 5.85. The molecule has 0 heterocycles. The van der Waals surface area contributed by atoms with E-state index in [1.807, 2.05) is 13.0 Å². The van der Waals surface area contributed by atoms with Crippen molar-refractivity contribution in [2.24, 2.45) is 5.73 Å². The lowest BCUT2D eigenvalue weighted by Gasteiger charge is -2.18. The van der Waals surface area contributed by atoms with Crippen LogP contribution < -0.4 is 5.73 Å². The van der Waals surface area contributed by atoms with Crippen molar-refractivity contribution in [3.8, 4) is 0 Å². The first kappa shape index (κ1) is 11.3. The van der Waals surface area contributed by atoms with Crippen LogP contribution in [0.15, 0.2) is 29.8 Å².